The van der Waals surface area contributed by atoms with Gasteiger partial charge in [-0.3, -0.25) is 14.2 Å². The molecule has 2 aliphatic rings. The van der Waals surface area contributed by atoms with Crippen LogP contribution in [0.15, 0.2) is 35.1 Å². The standard InChI is InChI=1S/C24H27F3N6O2S/c1-31-11-5-9-16(31)14-33-21(35)18-20(30-22(33)24(25,26)27)36-23(29-18)32-12-6-10-17(32)19(34)28-13-15-7-3-2-4-8-15/h2-4,7-8,16-17H,5-6,9-14H2,1H3,(H,28,34)/t16-,17?/m1/s1. The zero-order chi connectivity index (χ0) is 25.4. The van der Waals surface area contributed by atoms with E-state index in [4.69, 9.17) is 0 Å². The van der Waals surface area contributed by atoms with Crippen LogP contribution in [0.2, 0.25) is 0 Å². The third-order valence-electron chi connectivity index (χ3n) is 6.94. The summed E-state index contributed by atoms with van der Waals surface area (Å²) in [5.74, 6) is -1.38. The number of benzene rings is 1. The van der Waals surface area contributed by atoms with Crippen molar-refractivity contribution in [3.8, 4) is 0 Å². The molecule has 3 aromatic rings. The molecule has 0 radical (unpaired) electrons. The number of aromatic nitrogens is 3. The van der Waals surface area contributed by atoms with Crippen LogP contribution in [0.3, 0.4) is 0 Å². The highest BCUT2D eigenvalue weighted by molar-refractivity contribution is 7.21. The minimum atomic E-state index is -4.78. The van der Waals surface area contributed by atoms with Gasteiger partial charge in [0.15, 0.2) is 15.5 Å². The fourth-order valence-corrected chi connectivity index (χ4v) is 6.00. The molecule has 2 fully saturated rings. The van der Waals surface area contributed by atoms with E-state index in [0.29, 0.717) is 31.1 Å². The number of halogens is 3. The highest BCUT2D eigenvalue weighted by Crippen LogP contribution is 2.34. The Morgan fingerprint density at radius 1 is 1.14 bits per heavy atom. The van der Waals surface area contributed by atoms with Gasteiger partial charge in [0.05, 0.1) is 0 Å². The second kappa shape index (κ2) is 9.81. The van der Waals surface area contributed by atoms with Crippen molar-refractivity contribution in [2.75, 3.05) is 25.0 Å². The first-order chi connectivity index (χ1) is 17.2. The number of rotatable bonds is 6. The minimum absolute atomic E-state index is 0.0614. The van der Waals surface area contributed by atoms with Gasteiger partial charge >= 0.3 is 6.18 Å². The maximum absolute atomic E-state index is 13.9. The molecule has 1 unspecified atom stereocenters. The lowest BCUT2D eigenvalue weighted by molar-refractivity contribution is -0.148. The maximum Gasteiger partial charge on any atom is 0.449 e. The molecule has 1 N–H and O–H groups in total. The molecule has 8 nitrogen and oxygen atoms in total. The van der Waals surface area contributed by atoms with E-state index in [2.05, 4.69) is 15.3 Å². The topological polar surface area (TPSA) is 83.4 Å². The van der Waals surface area contributed by atoms with E-state index in [-0.39, 0.29) is 28.8 Å². The van der Waals surface area contributed by atoms with Gasteiger partial charge in [0.2, 0.25) is 11.7 Å². The van der Waals surface area contributed by atoms with E-state index >= 15 is 0 Å². The van der Waals surface area contributed by atoms with Crippen LogP contribution in [0.4, 0.5) is 18.3 Å². The van der Waals surface area contributed by atoms with Crippen LogP contribution in [0.1, 0.15) is 37.1 Å². The molecule has 1 amide bonds. The predicted octanol–water partition coefficient (Wildman–Crippen LogP) is 3.25. The summed E-state index contributed by atoms with van der Waals surface area (Å²) in [4.78, 5) is 38.1. The van der Waals surface area contributed by atoms with Gasteiger partial charge in [-0.05, 0) is 44.8 Å². The highest BCUT2D eigenvalue weighted by Gasteiger charge is 2.40. The number of carbonyl (C=O) groups is 1. The lowest BCUT2D eigenvalue weighted by atomic mass is 10.2. The van der Waals surface area contributed by atoms with Gasteiger partial charge in [0, 0.05) is 25.7 Å². The van der Waals surface area contributed by atoms with Crippen LogP contribution >= 0.6 is 11.3 Å². The van der Waals surface area contributed by atoms with Crippen molar-refractivity contribution in [2.24, 2.45) is 0 Å². The van der Waals surface area contributed by atoms with E-state index in [1.54, 1.807) is 4.90 Å². The molecule has 192 valence electrons. The van der Waals surface area contributed by atoms with E-state index in [1.165, 1.54) is 0 Å². The SMILES string of the molecule is CN1CCC[C@@H]1Cn1c(C(F)(F)F)nc2sc(N3CCCC3C(=O)NCc3ccccc3)nc2c1=O. The van der Waals surface area contributed by atoms with Crippen molar-refractivity contribution in [1.82, 2.24) is 24.8 Å². The molecule has 2 aliphatic heterocycles. The van der Waals surface area contributed by atoms with Gasteiger partial charge in [0.1, 0.15) is 6.04 Å². The largest absolute Gasteiger partial charge is 0.449 e. The number of fused-ring (bicyclic) bond motifs is 1. The Kier molecular flexibility index (Phi) is 6.73. The van der Waals surface area contributed by atoms with Gasteiger partial charge in [-0.1, -0.05) is 41.7 Å². The second-order valence-corrected chi connectivity index (χ2v) is 10.3. The molecule has 0 spiro atoms. The Bertz CT molecular complexity index is 1310. The Hall–Kier alpha value is -2.99. The van der Waals surface area contributed by atoms with Crippen molar-refractivity contribution < 1.29 is 18.0 Å². The van der Waals surface area contributed by atoms with E-state index < -0.39 is 23.6 Å². The van der Waals surface area contributed by atoms with Crippen molar-refractivity contribution in [3.63, 3.8) is 0 Å². The highest BCUT2D eigenvalue weighted by atomic mass is 32.1. The smallest absolute Gasteiger partial charge is 0.350 e. The van der Waals surface area contributed by atoms with Crippen molar-refractivity contribution >= 4 is 32.7 Å². The predicted molar refractivity (Wildman–Crippen MR) is 131 cm³/mol. The summed E-state index contributed by atoms with van der Waals surface area (Å²) in [7, 11) is 1.85. The van der Waals surface area contributed by atoms with Gasteiger partial charge < -0.3 is 15.1 Å². The maximum atomic E-state index is 13.9. The number of anilines is 1. The molecule has 1 aromatic carbocycles. The molecule has 0 bridgehead atoms. The lowest BCUT2D eigenvalue weighted by Gasteiger charge is -2.23. The normalized spacial score (nSPS) is 20.9. The molecule has 12 heteroatoms. The van der Waals surface area contributed by atoms with Gasteiger partial charge in [-0.25, -0.2) is 9.97 Å². The fourth-order valence-electron chi connectivity index (χ4n) is 5.00. The Morgan fingerprint density at radius 3 is 2.58 bits per heavy atom. The summed E-state index contributed by atoms with van der Waals surface area (Å²) >= 11 is 0.927. The number of thiazole rings is 1. The molecule has 5 rings (SSSR count). The molecule has 0 saturated carbocycles. The van der Waals surface area contributed by atoms with Gasteiger partial charge in [0.25, 0.3) is 5.56 Å². The van der Waals surface area contributed by atoms with Crippen molar-refractivity contribution in [1.29, 1.82) is 0 Å². The third kappa shape index (κ3) is 4.83. The first-order valence-corrected chi connectivity index (χ1v) is 12.8. The molecular weight excluding hydrogens is 493 g/mol. The number of nitrogens with zero attached hydrogens (tertiary/aromatic N) is 5. The molecule has 2 atom stereocenters. The van der Waals surface area contributed by atoms with Gasteiger partial charge in [-0.15, -0.1) is 0 Å². The Morgan fingerprint density at radius 2 is 1.89 bits per heavy atom. The molecule has 4 heterocycles. The van der Waals surface area contributed by atoms with Crippen LogP contribution < -0.4 is 15.8 Å². The molecule has 36 heavy (non-hydrogen) atoms. The van der Waals surface area contributed by atoms with E-state index in [1.807, 2.05) is 42.3 Å². The summed E-state index contributed by atoms with van der Waals surface area (Å²) in [5, 5.41) is 3.27. The number of nitrogens with one attached hydrogen (secondary N) is 1. The molecule has 2 aromatic heterocycles. The number of likely N-dealkylation sites (tertiary alicyclic amines) is 1. The molecular formula is C24H27F3N6O2S. The zero-order valence-corrected chi connectivity index (χ0v) is 20.6. The summed E-state index contributed by atoms with van der Waals surface area (Å²) in [6, 6.07) is 8.84. The molecule has 0 aliphatic carbocycles. The monoisotopic (exact) mass is 520 g/mol. The summed E-state index contributed by atoms with van der Waals surface area (Å²) < 4.78 is 42.5. The fraction of sp³-hybridized carbons (Fsp3) is 0.500. The summed E-state index contributed by atoms with van der Waals surface area (Å²) in [6.45, 7) is 1.59. The third-order valence-corrected chi connectivity index (χ3v) is 7.92. The number of alkyl halides is 3. The van der Waals surface area contributed by atoms with Crippen LogP contribution in [0.25, 0.3) is 10.3 Å². The lowest BCUT2D eigenvalue weighted by Crippen LogP contribution is -2.43. The van der Waals surface area contributed by atoms with E-state index in [9.17, 15) is 22.8 Å². The zero-order valence-electron chi connectivity index (χ0n) is 19.8. The number of hydrogen-bond acceptors (Lipinski definition) is 7. The van der Waals surface area contributed by atoms with Gasteiger partial charge in [-0.2, -0.15) is 13.2 Å². The Balaban J connectivity index is 1.44. The average Bonchev–Trinajstić information content (AvgIpc) is 3.59. The average molecular weight is 521 g/mol. The summed E-state index contributed by atoms with van der Waals surface area (Å²) in [6.07, 6.45) is -1.86. The number of amides is 1. The second-order valence-electron chi connectivity index (χ2n) is 9.33. The molecule has 2 saturated heterocycles. The van der Waals surface area contributed by atoms with Crippen molar-refractivity contribution in [2.45, 2.75) is 57.0 Å². The van der Waals surface area contributed by atoms with Crippen LogP contribution in [-0.2, 0) is 24.1 Å². The summed E-state index contributed by atoms with van der Waals surface area (Å²) in [5.41, 5.74) is 0.0890. The van der Waals surface area contributed by atoms with Crippen molar-refractivity contribution in [3.05, 3.63) is 52.1 Å². The Labute approximate surface area is 209 Å². The first-order valence-electron chi connectivity index (χ1n) is 12.0. The van der Waals surface area contributed by atoms with Crippen LogP contribution in [0, 0.1) is 0 Å². The minimum Gasteiger partial charge on any atom is -0.350 e. The van der Waals surface area contributed by atoms with Crippen LogP contribution in [-0.4, -0.2) is 57.6 Å². The quantitative estimate of drug-likeness (QED) is 0.537. The first kappa shape index (κ1) is 24.7. The van der Waals surface area contributed by atoms with E-state index in [0.717, 1.165) is 40.9 Å². The number of carbonyl (C=O) groups excluding carboxylic acids is 1. The number of likely N-dealkylation sites (N-methyl/N-ethyl adjacent to an activating group) is 1. The number of hydrogen-bond donors (Lipinski definition) is 1. The van der Waals surface area contributed by atoms with Crippen LogP contribution in [0.5, 0.6) is 0 Å².